The summed E-state index contributed by atoms with van der Waals surface area (Å²) in [6.45, 7) is 3.41. The highest BCUT2D eigenvalue weighted by Crippen LogP contribution is 2.56. The molecule has 0 fully saturated rings. The van der Waals surface area contributed by atoms with Crippen LogP contribution in [0.25, 0.3) is 11.1 Å². The van der Waals surface area contributed by atoms with E-state index in [9.17, 15) is 9.59 Å². The Balaban J connectivity index is 1.17. The Morgan fingerprint density at radius 1 is 0.472 bits per heavy atom. The van der Waals surface area contributed by atoms with Gasteiger partial charge >= 0.3 is 0 Å². The lowest BCUT2D eigenvalue weighted by atomic mass is 9.67. The molecular formula is C45H40N2O6. The third kappa shape index (κ3) is 6.67. The van der Waals surface area contributed by atoms with Crippen LogP contribution < -0.4 is 29.6 Å². The van der Waals surface area contributed by atoms with E-state index in [1.807, 2.05) is 48.5 Å². The molecule has 0 saturated heterocycles. The second-order valence-electron chi connectivity index (χ2n) is 12.8. The highest BCUT2D eigenvalue weighted by atomic mass is 16.5. The second kappa shape index (κ2) is 15.0. The van der Waals surface area contributed by atoms with Crippen LogP contribution in [0.2, 0.25) is 0 Å². The summed E-state index contributed by atoms with van der Waals surface area (Å²) in [5.74, 6) is 1.54. The van der Waals surface area contributed by atoms with Gasteiger partial charge in [0.2, 0.25) is 0 Å². The first-order valence-electron chi connectivity index (χ1n) is 17.4. The van der Waals surface area contributed by atoms with Gasteiger partial charge in [0, 0.05) is 11.4 Å². The van der Waals surface area contributed by atoms with Gasteiger partial charge in [-0.1, -0.05) is 97.1 Å². The Morgan fingerprint density at radius 3 is 1.19 bits per heavy atom. The summed E-state index contributed by atoms with van der Waals surface area (Å²) in [5, 5.41) is 6.00. The van der Waals surface area contributed by atoms with Crippen molar-refractivity contribution in [3.8, 4) is 34.1 Å². The first kappa shape index (κ1) is 34.9. The molecule has 7 rings (SSSR count). The summed E-state index contributed by atoms with van der Waals surface area (Å²) in [6.07, 6.45) is -1.53. The van der Waals surface area contributed by atoms with Crippen LogP contribution in [0.15, 0.2) is 146 Å². The fourth-order valence-electron chi connectivity index (χ4n) is 7.04. The number of anilines is 2. The zero-order valence-electron chi connectivity index (χ0n) is 30.0. The number of ether oxygens (including phenoxy) is 4. The van der Waals surface area contributed by atoms with E-state index in [4.69, 9.17) is 18.9 Å². The molecule has 0 radical (unpaired) electrons. The highest BCUT2D eigenvalue weighted by molar-refractivity contribution is 5.95. The van der Waals surface area contributed by atoms with Gasteiger partial charge in [0.25, 0.3) is 11.8 Å². The Bertz CT molecular complexity index is 2090. The van der Waals surface area contributed by atoms with Gasteiger partial charge in [-0.3, -0.25) is 9.59 Å². The number of nitrogens with one attached hydrogen (secondary N) is 2. The number of hydrogen-bond donors (Lipinski definition) is 2. The van der Waals surface area contributed by atoms with Gasteiger partial charge in [-0.2, -0.15) is 0 Å². The van der Waals surface area contributed by atoms with Crippen molar-refractivity contribution in [1.82, 2.24) is 0 Å². The average Bonchev–Trinajstić information content (AvgIpc) is 3.50. The molecule has 2 N–H and O–H groups in total. The minimum Gasteiger partial charge on any atom is -0.493 e. The third-order valence-electron chi connectivity index (χ3n) is 9.61. The van der Waals surface area contributed by atoms with Crippen molar-refractivity contribution >= 4 is 23.2 Å². The SMILES string of the molecule is COc1ccccc1OC(C)C(=O)Nc1ccc(C2(c3ccc(NC(=O)C(C)Oc4ccccc4OC)cc3)c3ccccc3-c3ccccc32)cc1. The molecule has 0 aromatic heterocycles. The van der Waals surface area contributed by atoms with E-state index in [-0.39, 0.29) is 11.8 Å². The lowest BCUT2D eigenvalue weighted by Gasteiger charge is -2.34. The fourth-order valence-corrected chi connectivity index (χ4v) is 7.04. The normalized spacial score (nSPS) is 13.4. The van der Waals surface area contributed by atoms with Crippen molar-refractivity contribution in [2.75, 3.05) is 24.9 Å². The number of methoxy groups -OCH3 is 2. The summed E-state index contributed by atoms with van der Waals surface area (Å²) in [6, 6.07) is 47.3. The van der Waals surface area contributed by atoms with Crippen molar-refractivity contribution in [3.05, 3.63) is 168 Å². The zero-order valence-corrected chi connectivity index (χ0v) is 30.0. The third-order valence-corrected chi connectivity index (χ3v) is 9.61. The van der Waals surface area contributed by atoms with Crippen LogP contribution in [0.1, 0.15) is 36.1 Å². The topological polar surface area (TPSA) is 95.1 Å². The minimum absolute atomic E-state index is 0.282. The van der Waals surface area contributed by atoms with E-state index in [0.717, 1.165) is 33.4 Å². The van der Waals surface area contributed by atoms with Gasteiger partial charge in [-0.15, -0.1) is 0 Å². The Hall–Kier alpha value is -6.54. The lowest BCUT2D eigenvalue weighted by molar-refractivity contribution is -0.122. The van der Waals surface area contributed by atoms with Crippen molar-refractivity contribution in [1.29, 1.82) is 0 Å². The monoisotopic (exact) mass is 704 g/mol. The average molecular weight is 705 g/mol. The maximum absolute atomic E-state index is 13.2. The fraction of sp³-hybridized carbons (Fsp3) is 0.156. The molecule has 0 spiro atoms. The molecule has 6 aromatic rings. The van der Waals surface area contributed by atoms with Gasteiger partial charge in [-0.25, -0.2) is 0 Å². The van der Waals surface area contributed by atoms with Crippen molar-refractivity contribution in [2.24, 2.45) is 0 Å². The van der Waals surface area contributed by atoms with Crippen LogP contribution in [0.5, 0.6) is 23.0 Å². The first-order valence-corrected chi connectivity index (χ1v) is 17.4. The number of para-hydroxylation sites is 4. The van der Waals surface area contributed by atoms with Crippen molar-refractivity contribution in [2.45, 2.75) is 31.5 Å². The molecule has 266 valence electrons. The highest BCUT2D eigenvalue weighted by Gasteiger charge is 2.45. The quantitative estimate of drug-likeness (QED) is 0.132. The van der Waals surface area contributed by atoms with E-state index in [0.29, 0.717) is 34.4 Å². The molecule has 2 atom stereocenters. The molecule has 1 aliphatic carbocycles. The maximum atomic E-state index is 13.2. The number of carbonyl (C=O) groups is 2. The van der Waals surface area contributed by atoms with E-state index in [2.05, 4.69) is 83.4 Å². The van der Waals surface area contributed by atoms with Crippen LogP contribution >= 0.6 is 0 Å². The predicted molar refractivity (Wildman–Crippen MR) is 207 cm³/mol. The maximum Gasteiger partial charge on any atom is 0.265 e. The van der Waals surface area contributed by atoms with E-state index in [1.54, 1.807) is 52.3 Å². The van der Waals surface area contributed by atoms with Crippen molar-refractivity contribution in [3.63, 3.8) is 0 Å². The number of fused-ring (bicyclic) bond motifs is 3. The predicted octanol–water partition coefficient (Wildman–Crippen LogP) is 8.88. The number of hydrogen-bond acceptors (Lipinski definition) is 6. The van der Waals surface area contributed by atoms with E-state index >= 15 is 0 Å². The van der Waals surface area contributed by atoms with Crippen molar-refractivity contribution < 1.29 is 28.5 Å². The largest absolute Gasteiger partial charge is 0.493 e. The zero-order chi connectivity index (χ0) is 37.0. The number of rotatable bonds is 12. The van der Waals surface area contributed by atoms with Gasteiger partial charge in [-0.05, 0) is 95.8 Å². The van der Waals surface area contributed by atoms with Crippen LogP contribution in [0, 0.1) is 0 Å². The first-order chi connectivity index (χ1) is 25.8. The van der Waals surface area contributed by atoms with Gasteiger partial charge < -0.3 is 29.6 Å². The van der Waals surface area contributed by atoms with Gasteiger partial charge in [0.05, 0.1) is 19.6 Å². The van der Waals surface area contributed by atoms with Crippen LogP contribution in [-0.2, 0) is 15.0 Å². The molecule has 0 aliphatic heterocycles. The van der Waals surface area contributed by atoms with Crippen LogP contribution in [0.3, 0.4) is 0 Å². The Morgan fingerprint density at radius 2 is 0.811 bits per heavy atom. The molecule has 6 aromatic carbocycles. The van der Waals surface area contributed by atoms with Gasteiger partial charge in [0.15, 0.2) is 35.2 Å². The summed E-state index contributed by atoms with van der Waals surface area (Å²) < 4.78 is 22.6. The summed E-state index contributed by atoms with van der Waals surface area (Å²) in [7, 11) is 3.13. The summed E-state index contributed by atoms with van der Waals surface area (Å²) >= 11 is 0. The molecular weight excluding hydrogens is 665 g/mol. The van der Waals surface area contributed by atoms with Crippen LogP contribution in [0.4, 0.5) is 11.4 Å². The molecule has 8 nitrogen and oxygen atoms in total. The van der Waals surface area contributed by atoms with Gasteiger partial charge in [0.1, 0.15) is 0 Å². The molecule has 2 unspecified atom stereocenters. The lowest BCUT2D eigenvalue weighted by Crippen LogP contribution is -2.31. The molecule has 2 amide bonds. The summed E-state index contributed by atoms with van der Waals surface area (Å²) in [4.78, 5) is 26.4. The Labute approximate surface area is 309 Å². The van der Waals surface area contributed by atoms with E-state index < -0.39 is 17.6 Å². The standard InChI is InChI=1S/C45H40N2O6/c1-29(52-41-19-11-9-17-39(41)50-3)43(48)46-33-25-21-31(22-26-33)45(37-15-7-5-13-35(37)36-14-6-8-16-38(36)45)32-23-27-34(28-24-32)47-44(49)30(2)53-42-20-12-10-18-40(42)51-4/h5-30H,1-4H3,(H,46,48)(H,47,49). The molecule has 53 heavy (non-hydrogen) atoms. The molecule has 0 saturated carbocycles. The second-order valence-corrected chi connectivity index (χ2v) is 12.8. The minimum atomic E-state index is -0.763. The number of amides is 2. The molecule has 0 heterocycles. The smallest absolute Gasteiger partial charge is 0.265 e. The molecule has 0 bridgehead atoms. The van der Waals surface area contributed by atoms with E-state index in [1.165, 1.54) is 0 Å². The Kier molecular flexibility index (Phi) is 9.86. The molecule has 1 aliphatic rings. The number of benzene rings is 6. The summed E-state index contributed by atoms with van der Waals surface area (Å²) in [5.41, 5.74) is 7.28. The van der Waals surface area contributed by atoms with Crippen LogP contribution in [-0.4, -0.2) is 38.2 Å². The molecule has 8 heteroatoms. The number of carbonyl (C=O) groups excluding carboxylic acids is 2.